The zero-order valence-electron chi connectivity index (χ0n) is 13.3. The fraction of sp³-hybridized carbons (Fsp3) is 0.200. The van der Waals surface area contributed by atoms with Gasteiger partial charge in [-0.25, -0.2) is 9.13 Å². The number of hydrogen-bond donors (Lipinski definition) is 0. The van der Waals surface area contributed by atoms with E-state index in [0.29, 0.717) is 6.54 Å². The number of Topliss-reactive ketones (excluding diaryl/α,β-unsaturated/α-hetero) is 1. The van der Waals surface area contributed by atoms with Crippen molar-refractivity contribution in [3.63, 3.8) is 0 Å². The van der Waals surface area contributed by atoms with Crippen molar-refractivity contribution < 1.29 is 9.36 Å². The molecule has 3 aromatic rings. The zero-order valence-corrected chi connectivity index (χ0v) is 14.0. The molecule has 1 aliphatic rings. The summed E-state index contributed by atoms with van der Waals surface area (Å²) in [6.07, 6.45) is 4.23. The normalized spacial score (nSPS) is 13.0. The van der Waals surface area contributed by atoms with Crippen LogP contribution in [-0.2, 0) is 19.5 Å². The number of halogens is 1. The van der Waals surface area contributed by atoms with Gasteiger partial charge in [-0.15, -0.1) is 0 Å². The Morgan fingerprint density at radius 1 is 1.08 bits per heavy atom. The molecule has 0 fully saturated rings. The lowest BCUT2D eigenvalue weighted by molar-refractivity contribution is -0.689. The van der Waals surface area contributed by atoms with Gasteiger partial charge >= 0.3 is 0 Å². The molecule has 0 aliphatic carbocycles. The number of benzene rings is 2. The molecule has 120 valence electrons. The van der Waals surface area contributed by atoms with E-state index in [4.69, 9.17) is 11.6 Å². The molecular weight excluding hydrogens is 320 g/mol. The van der Waals surface area contributed by atoms with Crippen LogP contribution < -0.4 is 4.57 Å². The Bertz CT molecular complexity index is 882. The quantitative estimate of drug-likeness (QED) is 0.523. The topological polar surface area (TPSA) is 25.9 Å². The van der Waals surface area contributed by atoms with Crippen molar-refractivity contribution in [3.8, 4) is 11.3 Å². The van der Waals surface area contributed by atoms with Gasteiger partial charge < -0.3 is 0 Å². The maximum absolute atomic E-state index is 12.6. The molecule has 0 saturated heterocycles. The van der Waals surface area contributed by atoms with Gasteiger partial charge in [0.15, 0.2) is 12.2 Å². The maximum Gasteiger partial charge on any atom is 0.257 e. The average Bonchev–Trinajstić information content (AvgIpc) is 3.20. The Balaban J connectivity index is 1.69. The number of nitrogens with zero attached hydrogens (tertiary/aromatic N) is 2. The number of carbonyl (C=O) groups is 1. The third-order valence-corrected chi connectivity index (χ3v) is 4.80. The van der Waals surface area contributed by atoms with Gasteiger partial charge in [0, 0.05) is 16.1 Å². The van der Waals surface area contributed by atoms with Gasteiger partial charge in [0.1, 0.15) is 6.20 Å². The minimum absolute atomic E-state index is 0.142. The monoisotopic (exact) mass is 337 g/mol. The Morgan fingerprint density at radius 2 is 1.83 bits per heavy atom. The lowest BCUT2D eigenvalue weighted by Crippen LogP contribution is -2.40. The Labute approximate surface area is 146 Å². The van der Waals surface area contributed by atoms with Crippen LogP contribution >= 0.6 is 11.6 Å². The lowest BCUT2D eigenvalue weighted by Gasteiger charge is -1.99. The van der Waals surface area contributed by atoms with E-state index < -0.39 is 0 Å². The van der Waals surface area contributed by atoms with E-state index in [1.54, 1.807) is 0 Å². The summed E-state index contributed by atoms with van der Waals surface area (Å²) < 4.78 is 4.42. The van der Waals surface area contributed by atoms with Crippen LogP contribution in [-0.4, -0.2) is 10.4 Å². The molecule has 4 rings (SSSR count). The van der Waals surface area contributed by atoms with Crippen molar-refractivity contribution in [2.24, 2.45) is 0 Å². The first-order valence-corrected chi connectivity index (χ1v) is 8.56. The van der Waals surface area contributed by atoms with Gasteiger partial charge in [-0.2, -0.15) is 0 Å². The van der Waals surface area contributed by atoms with E-state index in [2.05, 4.69) is 15.3 Å². The first kappa shape index (κ1) is 15.2. The average molecular weight is 338 g/mol. The summed E-state index contributed by atoms with van der Waals surface area (Å²) in [6.45, 7) is 1.38. The summed E-state index contributed by atoms with van der Waals surface area (Å²) in [7, 11) is 0. The first-order valence-electron chi connectivity index (χ1n) is 8.18. The Hall–Kier alpha value is -2.39. The highest BCUT2D eigenvalue weighted by Crippen LogP contribution is 2.26. The summed E-state index contributed by atoms with van der Waals surface area (Å²) in [4.78, 5) is 12.6. The van der Waals surface area contributed by atoms with Crippen LogP contribution in [0.3, 0.4) is 0 Å². The van der Waals surface area contributed by atoms with Crippen LogP contribution in [0.1, 0.15) is 22.6 Å². The highest BCUT2D eigenvalue weighted by molar-refractivity contribution is 6.30. The summed E-state index contributed by atoms with van der Waals surface area (Å²) in [6, 6.07) is 17.4. The van der Waals surface area contributed by atoms with Gasteiger partial charge in [0.25, 0.3) is 5.82 Å². The zero-order chi connectivity index (χ0) is 16.5. The summed E-state index contributed by atoms with van der Waals surface area (Å²) >= 11 is 6.00. The van der Waals surface area contributed by atoms with Crippen molar-refractivity contribution in [2.45, 2.75) is 25.9 Å². The molecule has 0 unspecified atom stereocenters. The fourth-order valence-electron chi connectivity index (χ4n) is 3.37. The van der Waals surface area contributed by atoms with Crippen LogP contribution in [0.4, 0.5) is 0 Å². The Kier molecular flexibility index (Phi) is 3.95. The molecule has 24 heavy (non-hydrogen) atoms. The first-order chi connectivity index (χ1) is 11.7. The highest BCUT2D eigenvalue weighted by Gasteiger charge is 2.29. The van der Waals surface area contributed by atoms with E-state index in [1.165, 1.54) is 5.82 Å². The third kappa shape index (κ3) is 2.76. The van der Waals surface area contributed by atoms with Crippen molar-refractivity contribution in [3.05, 3.63) is 77.2 Å². The fourth-order valence-corrected chi connectivity index (χ4v) is 3.49. The largest absolute Gasteiger partial charge is 0.290 e. The molecule has 0 spiro atoms. The molecule has 3 nitrogen and oxygen atoms in total. The van der Waals surface area contributed by atoms with Crippen LogP contribution in [0.15, 0.2) is 60.8 Å². The molecule has 2 aromatic carbocycles. The molecule has 1 aromatic heterocycles. The van der Waals surface area contributed by atoms with Crippen molar-refractivity contribution >= 4 is 17.4 Å². The standard InChI is InChI=1S/C20H18ClN2O/c21-17-10-8-15(9-11-17)18-13-22(20-7-4-12-23(18)20)14-19(24)16-5-2-1-3-6-16/h1-3,5-6,8-11,13H,4,7,12,14H2/q+1. The summed E-state index contributed by atoms with van der Waals surface area (Å²) in [5.41, 5.74) is 3.05. The van der Waals surface area contributed by atoms with Crippen LogP contribution in [0.2, 0.25) is 5.02 Å². The molecule has 1 aliphatic heterocycles. The predicted molar refractivity (Wildman–Crippen MR) is 94.2 cm³/mol. The van der Waals surface area contributed by atoms with Crippen molar-refractivity contribution in [1.82, 2.24) is 4.57 Å². The third-order valence-electron chi connectivity index (χ3n) is 4.54. The highest BCUT2D eigenvalue weighted by atomic mass is 35.5. The van der Waals surface area contributed by atoms with E-state index in [9.17, 15) is 4.79 Å². The van der Waals surface area contributed by atoms with Crippen LogP contribution in [0.25, 0.3) is 11.3 Å². The summed E-state index contributed by atoms with van der Waals surface area (Å²) in [5.74, 6) is 1.37. The number of aromatic nitrogens is 2. The smallest absolute Gasteiger partial charge is 0.257 e. The minimum Gasteiger partial charge on any atom is -0.290 e. The lowest BCUT2D eigenvalue weighted by atomic mass is 10.1. The van der Waals surface area contributed by atoms with E-state index in [-0.39, 0.29) is 5.78 Å². The van der Waals surface area contributed by atoms with Crippen LogP contribution in [0.5, 0.6) is 0 Å². The number of rotatable bonds is 4. The van der Waals surface area contributed by atoms with Gasteiger partial charge in [-0.1, -0.05) is 41.9 Å². The van der Waals surface area contributed by atoms with Crippen LogP contribution in [0, 0.1) is 0 Å². The molecule has 0 N–H and O–H groups in total. The second kappa shape index (κ2) is 6.25. The number of fused-ring (bicyclic) bond motifs is 1. The molecular formula is C20H18ClN2O+. The molecule has 0 saturated carbocycles. The molecule has 0 atom stereocenters. The Morgan fingerprint density at radius 3 is 2.58 bits per heavy atom. The van der Waals surface area contributed by atoms with Gasteiger partial charge in [0.05, 0.1) is 13.0 Å². The number of imidazole rings is 1. The maximum atomic E-state index is 12.6. The van der Waals surface area contributed by atoms with Gasteiger partial charge in [-0.05, 0) is 30.7 Å². The summed E-state index contributed by atoms with van der Waals surface area (Å²) in [5, 5.41) is 0.735. The minimum atomic E-state index is 0.142. The number of hydrogen-bond acceptors (Lipinski definition) is 1. The van der Waals surface area contributed by atoms with E-state index >= 15 is 0 Å². The van der Waals surface area contributed by atoms with Gasteiger partial charge in [0.2, 0.25) is 5.78 Å². The van der Waals surface area contributed by atoms with Crippen molar-refractivity contribution in [1.29, 1.82) is 0 Å². The second-order valence-electron chi connectivity index (χ2n) is 6.11. The second-order valence-corrected chi connectivity index (χ2v) is 6.55. The van der Waals surface area contributed by atoms with E-state index in [1.807, 2.05) is 54.6 Å². The molecule has 2 heterocycles. The van der Waals surface area contributed by atoms with Crippen molar-refractivity contribution in [2.75, 3.05) is 0 Å². The molecule has 4 heteroatoms. The number of carbonyl (C=O) groups excluding carboxylic acids is 1. The van der Waals surface area contributed by atoms with Gasteiger partial charge in [-0.3, -0.25) is 4.79 Å². The SMILES string of the molecule is O=C(C[n+]1cc(-c2ccc(Cl)cc2)n2c1CCC2)c1ccccc1. The molecule has 0 radical (unpaired) electrons. The number of ketones is 1. The van der Waals surface area contributed by atoms with E-state index in [0.717, 1.165) is 41.2 Å². The molecule has 0 amide bonds. The predicted octanol–water partition coefficient (Wildman–Crippen LogP) is 3.93. The molecule has 0 bridgehead atoms.